The Morgan fingerprint density at radius 3 is 2.60 bits per heavy atom. The van der Waals surface area contributed by atoms with Gasteiger partial charge in [0.1, 0.15) is 0 Å². The zero-order chi connectivity index (χ0) is 20.9. The SMILES string of the molecule is CN(Cc1ccc(-n2cccn2)cc1)C(=O)C1CCC(=O)N(CC2CCCCC2)C1. The molecule has 4 rings (SSSR count). The van der Waals surface area contributed by atoms with Gasteiger partial charge in [0.25, 0.3) is 0 Å². The van der Waals surface area contributed by atoms with Crippen molar-refractivity contribution in [2.24, 2.45) is 11.8 Å². The lowest BCUT2D eigenvalue weighted by molar-refractivity contribution is -0.143. The van der Waals surface area contributed by atoms with Gasteiger partial charge in [-0.05, 0) is 48.9 Å². The molecular weight excluding hydrogens is 376 g/mol. The molecule has 0 N–H and O–H groups in total. The number of rotatable bonds is 6. The first kappa shape index (κ1) is 20.6. The fourth-order valence-corrected chi connectivity index (χ4v) is 4.81. The number of aromatic nitrogens is 2. The van der Waals surface area contributed by atoms with Crippen molar-refractivity contribution in [2.75, 3.05) is 20.1 Å². The monoisotopic (exact) mass is 408 g/mol. The molecule has 2 amide bonds. The van der Waals surface area contributed by atoms with Crippen LogP contribution >= 0.6 is 0 Å². The largest absolute Gasteiger partial charge is 0.342 e. The summed E-state index contributed by atoms with van der Waals surface area (Å²) in [6, 6.07) is 10.0. The summed E-state index contributed by atoms with van der Waals surface area (Å²) in [4.78, 5) is 29.3. The molecule has 2 aliphatic rings. The number of benzene rings is 1. The molecule has 1 saturated carbocycles. The number of hydrogen-bond acceptors (Lipinski definition) is 3. The van der Waals surface area contributed by atoms with Gasteiger partial charge in [-0.15, -0.1) is 0 Å². The molecule has 1 aliphatic carbocycles. The van der Waals surface area contributed by atoms with Crippen molar-refractivity contribution in [3.8, 4) is 5.69 Å². The summed E-state index contributed by atoms with van der Waals surface area (Å²) in [7, 11) is 1.87. The van der Waals surface area contributed by atoms with Gasteiger partial charge < -0.3 is 9.80 Å². The minimum Gasteiger partial charge on any atom is -0.342 e. The molecule has 1 unspecified atom stereocenters. The summed E-state index contributed by atoms with van der Waals surface area (Å²) in [5.74, 6) is 0.899. The molecule has 6 nitrogen and oxygen atoms in total. The van der Waals surface area contributed by atoms with Crippen LogP contribution in [-0.2, 0) is 16.1 Å². The second-order valence-corrected chi connectivity index (χ2v) is 8.85. The van der Waals surface area contributed by atoms with Gasteiger partial charge in [-0.25, -0.2) is 4.68 Å². The highest BCUT2D eigenvalue weighted by Crippen LogP contribution is 2.27. The summed E-state index contributed by atoms with van der Waals surface area (Å²) in [5, 5.41) is 4.24. The van der Waals surface area contributed by atoms with Crippen molar-refractivity contribution in [1.29, 1.82) is 0 Å². The first-order valence-electron chi connectivity index (χ1n) is 11.2. The molecule has 0 spiro atoms. The van der Waals surface area contributed by atoms with Crippen LogP contribution in [0.1, 0.15) is 50.5 Å². The standard InChI is InChI=1S/C24H32N4O2/c1-26(16-20-8-11-22(12-9-20)28-15-5-14-25-28)24(30)21-10-13-23(29)27(18-21)17-19-6-3-2-4-7-19/h5,8-9,11-12,14-15,19,21H,2-4,6-7,10,13,16-18H2,1H3. The van der Waals surface area contributed by atoms with Crippen LogP contribution in [0.15, 0.2) is 42.7 Å². The van der Waals surface area contributed by atoms with E-state index in [9.17, 15) is 9.59 Å². The maximum absolute atomic E-state index is 13.1. The molecular formula is C24H32N4O2. The zero-order valence-electron chi connectivity index (χ0n) is 17.9. The molecule has 2 aromatic rings. The van der Waals surface area contributed by atoms with Gasteiger partial charge in [0, 0.05) is 45.5 Å². The van der Waals surface area contributed by atoms with Crippen LogP contribution in [0.5, 0.6) is 0 Å². The first-order valence-corrected chi connectivity index (χ1v) is 11.2. The molecule has 1 aromatic carbocycles. The zero-order valence-corrected chi connectivity index (χ0v) is 17.9. The second-order valence-electron chi connectivity index (χ2n) is 8.85. The minimum absolute atomic E-state index is 0.0837. The molecule has 30 heavy (non-hydrogen) atoms. The quantitative estimate of drug-likeness (QED) is 0.733. The van der Waals surface area contributed by atoms with Crippen molar-refractivity contribution < 1.29 is 9.59 Å². The fraction of sp³-hybridized carbons (Fsp3) is 0.542. The average Bonchev–Trinajstić information content (AvgIpc) is 3.31. The van der Waals surface area contributed by atoms with Gasteiger partial charge in [-0.2, -0.15) is 5.10 Å². The Labute approximate surface area is 178 Å². The maximum Gasteiger partial charge on any atom is 0.227 e. The van der Waals surface area contributed by atoms with E-state index < -0.39 is 0 Å². The molecule has 1 atom stereocenters. The van der Waals surface area contributed by atoms with E-state index in [-0.39, 0.29) is 17.7 Å². The Balaban J connectivity index is 1.33. The third kappa shape index (κ3) is 4.91. The third-order valence-electron chi connectivity index (χ3n) is 6.55. The van der Waals surface area contributed by atoms with Crippen LogP contribution in [-0.4, -0.2) is 51.5 Å². The normalized spacial score (nSPS) is 20.4. The van der Waals surface area contributed by atoms with E-state index in [1.165, 1.54) is 32.1 Å². The van der Waals surface area contributed by atoms with E-state index in [2.05, 4.69) is 5.10 Å². The van der Waals surface area contributed by atoms with Crippen molar-refractivity contribution in [1.82, 2.24) is 19.6 Å². The number of carbonyl (C=O) groups is 2. The Morgan fingerprint density at radius 2 is 1.90 bits per heavy atom. The van der Waals surface area contributed by atoms with E-state index in [1.807, 2.05) is 58.1 Å². The van der Waals surface area contributed by atoms with Crippen LogP contribution < -0.4 is 0 Å². The van der Waals surface area contributed by atoms with Gasteiger partial charge in [-0.3, -0.25) is 9.59 Å². The predicted molar refractivity (Wildman–Crippen MR) is 116 cm³/mol. The molecule has 1 aliphatic heterocycles. The van der Waals surface area contributed by atoms with Crippen molar-refractivity contribution in [2.45, 2.75) is 51.5 Å². The van der Waals surface area contributed by atoms with Gasteiger partial charge in [0.15, 0.2) is 0 Å². The van der Waals surface area contributed by atoms with E-state index >= 15 is 0 Å². The van der Waals surface area contributed by atoms with Crippen LogP contribution in [0.4, 0.5) is 0 Å². The summed E-state index contributed by atoms with van der Waals surface area (Å²) < 4.78 is 1.82. The molecule has 0 radical (unpaired) electrons. The lowest BCUT2D eigenvalue weighted by Gasteiger charge is -2.36. The highest BCUT2D eigenvalue weighted by molar-refractivity contribution is 5.83. The highest BCUT2D eigenvalue weighted by Gasteiger charge is 2.33. The van der Waals surface area contributed by atoms with Gasteiger partial charge in [-0.1, -0.05) is 31.4 Å². The van der Waals surface area contributed by atoms with Crippen LogP contribution in [0.3, 0.4) is 0 Å². The number of nitrogens with zero attached hydrogens (tertiary/aromatic N) is 4. The molecule has 160 valence electrons. The van der Waals surface area contributed by atoms with Crippen molar-refractivity contribution >= 4 is 11.8 Å². The van der Waals surface area contributed by atoms with Gasteiger partial charge in [0.2, 0.25) is 11.8 Å². The fourth-order valence-electron chi connectivity index (χ4n) is 4.81. The lowest BCUT2D eigenvalue weighted by Crippen LogP contribution is -2.47. The summed E-state index contributed by atoms with van der Waals surface area (Å²) in [6.45, 7) is 1.99. The van der Waals surface area contributed by atoms with E-state index in [4.69, 9.17) is 0 Å². The molecule has 1 saturated heterocycles. The second kappa shape index (κ2) is 9.45. The summed E-state index contributed by atoms with van der Waals surface area (Å²) in [5.41, 5.74) is 2.09. The average molecular weight is 409 g/mol. The van der Waals surface area contributed by atoms with Crippen molar-refractivity contribution in [3.05, 3.63) is 48.3 Å². The maximum atomic E-state index is 13.1. The lowest BCUT2D eigenvalue weighted by atomic mass is 9.87. The number of hydrogen-bond donors (Lipinski definition) is 0. The molecule has 2 fully saturated rings. The minimum atomic E-state index is -0.0837. The topological polar surface area (TPSA) is 58.4 Å². The van der Waals surface area contributed by atoms with Crippen LogP contribution in [0, 0.1) is 11.8 Å². The third-order valence-corrected chi connectivity index (χ3v) is 6.55. The van der Waals surface area contributed by atoms with E-state index in [1.54, 1.807) is 6.20 Å². The smallest absolute Gasteiger partial charge is 0.227 e. The molecule has 2 heterocycles. The van der Waals surface area contributed by atoms with Gasteiger partial charge >= 0.3 is 0 Å². The number of amides is 2. The van der Waals surface area contributed by atoms with E-state index in [0.717, 1.165) is 17.8 Å². The summed E-state index contributed by atoms with van der Waals surface area (Å²) in [6.07, 6.45) is 11.1. The Kier molecular flexibility index (Phi) is 6.50. The Hall–Kier alpha value is -2.63. The predicted octanol–water partition coefficient (Wildman–Crippen LogP) is 3.65. The Morgan fingerprint density at radius 1 is 1.13 bits per heavy atom. The first-order chi connectivity index (χ1) is 14.6. The highest BCUT2D eigenvalue weighted by atomic mass is 16.2. The Bertz CT molecular complexity index is 841. The number of likely N-dealkylation sites (tertiary alicyclic amines) is 1. The number of piperidine rings is 1. The van der Waals surface area contributed by atoms with E-state index in [0.29, 0.717) is 31.8 Å². The van der Waals surface area contributed by atoms with Crippen LogP contribution in [0.25, 0.3) is 5.69 Å². The molecule has 1 aromatic heterocycles. The molecule has 0 bridgehead atoms. The van der Waals surface area contributed by atoms with Crippen LogP contribution in [0.2, 0.25) is 0 Å². The van der Waals surface area contributed by atoms with Gasteiger partial charge in [0.05, 0.1) is 11.6 Å². The number of carbonyl (C=O) groups excluding carboxylic acids is 2. The van der Waals surface area contributed by atoms with Crippen molar-refractivity contribution in [3.63, 3.8) is 0 Å². The molecule has 6 heteroatoms. The summed E-state index contributed by atoms with van der Waals surface area (Å²) >= 11 is 0.